The first-order valence-corrected chi connectivity index (χ1v) is 5.66. The molecule has 1 aromatic carbocycles. The molecule has 0 unspecified atom stereocenters. The van der Waals surface area contributed by atoms with E-state index in [1.165, 1.54) is 6.07 Å². The minimum Gasteiger partial charge on any atom is -0.420 e. The van der Waals surface area contributed by atoms with Crippen LogP contribution in [0.15, 0.2) is 28.7 Å². The van der Waals surface area contributed by atoms with Crippen LogP contribution in [0.4, 0.5) is 4.39 Å². The highest BCUT2D eigenvalue weighted by Gasteiger charge is 2.50. The Kier molecular flexibility index (Phi) is 2.08. The van der Waals surface area contributed by atoms with Crippen molar-refractivity contribution < 1.29 is 8.81 Å². The summed E-state index contributed by atoms with van der Waals surface area (Å²) in [5, 5.41) is 7.93. The van der Waals surface area contributed by atoms with E-state index in [1.54, 1.807) is 18.2 Å². The molecule has 0 spiro atoms. The zero-order chi connectivity index (χ0) is 12.0. The molecular formula is C13H13FN2O. The van der Waals surface area contributed by atoms with Crippen molar-refractivity contribution in [3.63, 3.8) is 0 Å². The Morgan fingerprint density at radius 2 is 2.00 bits per heavy atom. The van der Waals surface area contributed by atoms with Crippen LogP contribution in [0.3, 0.4) is 0 Å². The fourth-order valence-electron chi connectivity index (χ4n) is 2.01. The van der Waals surface area contributed by atoms with Gasteiger partial charge in [-0.1, -0.05) is 26.0 Å². The van der Waals surface area contributed by atoms with Crippen molar-refractivity contribution in [3.8, 4) is 11.5 Å². The van der Waals surface area contributed by atoms with Crippen molar-refractivity contribution in [2.75, 3.05) is 0 Å². The van der Waals surface area contributed by atoms with Gasteiger partial charge in [0, 0.05) is 5.92 Å². The van der Waals surface area contributed by atoms with E-state index in [9.17, 15) is 4.39 Å². The predicted octanol–water partition coefficient (Wildman–Crippen LogP) is 3.39. The van der Waals surface area contributed by atoms with E-state index >= 15 is 0 Å². The van der Waals surface area contributed by atoms with Crippen LogP contribution in [0.1, 0.15) is 32.1 Å². The monoisotopic (exact) mass is 232 g/mol. The molecular weight excluding hydrogens is 219 g/mol. The molecule has 1 atom stereocenters. The molecule has 3 rings (SSSR count). The van der Waals surface area contributed by atoms with E-state index in [0.717, 1.165) is 6.42 Å². The van der Waals surface area contributed by atoms with Crippen LogP contribution in [-0.4, -0.2) is 10.2 Å². The molecule has 88 valence electrons. The maximum absolute atomic E-state index is 13.5. The second-order valence-corrected chi connectivity index (χ2v) is 5.17. The van der Waals surface area contributed by atoms with Crippen LogP contribution in [0, 0.1) is 11.2 Å². The number of aromatic nitrogens is 2. The number of hydrogen-bond acceptors (Lipinski definition) is 3. The highest BCUT2D eigenvalue weighted by Crippen LogP contribution is 2.58. The lowest BCUT2D eigenvalue weighted by atomic mass is 10.1. The first-order chi connectivity index (χ1) is 8.08. The SMILES string of the molecule is CC1(C)C[C@H]1c1nnc(-c2ccccc2F)o1. The van der Waals surface area contributed by atoms with E-state index in [-0.39, 0.29) is 17.1 Å². The molecule has 1 saturated carbocycles. The van der Waals surface area contributed by atoms with Gasteiger partial charge in [-0.2, -0.15) is 0 Å². The highest BCUT2D eigenvalue weighted by molar-refractivity contribution is 5.53. The Balaban J connectivity index is 1.94. The molecule has 2 aromatic rings. The molecule has 1 aromatic heterocycles. The average molecular weight is 232 g/mol. The summed E-state index contributed by atoms with van der Waals surface area (Å²) in [5.41, 5.74) is 0.601. The molecule has 4 heteroatoms. The van der Waals surface area contributed by atoms with Gasteiger partial charge in [0.25, 0.3) is 5.89 Å². The maximum atomic E-state index is 13.5. The van der Waals surface area contributed by atoms with Gasteiger partial charge < -0.3 is 4.42 Å². The van der Waals surface area contributed by atoms with Crippen molar-refractivity contribution in [1.29, 1.82) is 0 Å². The van der Waals surface area contributed by atoms with Gasteiger partial charge in [-0.05, 0) is 24.0 Å². The molecule has 1 fully saturated rings. The Bertz CT molecular complexity index is 562. The van der Waals surface area contributed by atoms with Crippen LogP contribution >= 0.6 is 0 Å². The zero-order valence-corrected chi connectivity index (χ0v) is 9.77. The molecule has 17 heavy (non-hydrogen) atoms. The van der Waals surface area contributed by atoms with E-state index in [1.807, 2.05) is 0 Å². The molecule has 0 N–H and O–H groups in total. The van der Waals surface area contributed by atoms with Crippen molar-refractivity contribution in [2.24, 2.45) is 5.41 Å². The minimum absolute atomic E-state index is 0.235. The van der Waals surface area contributed by atoms with E-state index in [0.29, 0.717) is 17.4 Å². The topological polar surface area (TPSA) is 38.9 Å². The van der Waals surface area contributed by atoms with Gasteiger partial charge in [-0.25, -0.2) is 4.39 Å². The fraction of sp³-hybridized carbons (Fsp3) is 0.385. The number of rotatable bonds is 2. The van der Waals surface area contributed by atoms with Gasteiger partial charge in [0.2, 0.25) is 5.89 Å². The van der Waals surface area contributed by atoms with Gasteiger partial charge in [0.15, 0.2) is 0 Å². The quantitative estimate of drug-likeness (QED) is 0.796. The lowest BCUT2D eigenvalue weighted by Crippen LogP contribution is -1.89. The Labute approximate surface area is 98.7 Å². The highest BCUT2D eigenvalue weighted by atomic mass is 19.1. The van der Waals surface area contributed by atoms with Gasteiger partial charge in [-0.3, -0.25) is 0 Å². The van der Waals surface area contributed by atoms with Gasteiger partial charge in [0.1, 0.15) is 5.82 Å². The van der Waals surface area contributed by atoms with Crippen molar-refractivity contribution in [2.45, 2.75) is 26.2 Å². The molecule has 0 amide bonds. The fourth-order valence-corrected chi connectivity index (χ4v) is 2.01. The van der Waals surface area contributed by atoms with Crippen molar-refractivity contribution in [1.82, 2.24) is 10.2 Å². The van der Waals surface area contributed by atoms with Gasteiger partial charge in [-0.15, -0.1) is 10.2 Å². The largest absolute Gasteiger partial charge is 0.420 e. The number of hydrogen-bond donors (Lipinski definition) is 0. The first-order valence-electron chi connectivity index (χ1n) is 5.66. The number of halogens is 1. The Morgan fingerprint density at radius 1 is 1.29 bits per heavy atom. The molecule has 0 saturated heterocycles. The Morgan fingerprint density at radius 3 is 2.65 bits per heavy atom. The lowest BCUT2D eigenvalue weighted by Gasteiger charge is -1.97. The summed E-state index contributed by atoms with van der Waals surface area (Å²) in [6.07, 6.45) is 1.05. The van der Waals surface area contributed by atoms with Crippen LogP contribution in [-0.2, 0) is 0 Å². The summed E-state index contributed by atoms with van der Waals surface area (Å²) in [5.74, 6) is 0.863. The number of benzene rings is 1. The summed E-state index contributed by atoms with van der Waals surface area (Å²) < 4.78 is 19.1. The summed E-state index contributed by atoms with van der Waals surface area (Å²) in [7, 11) is 0. The molecule has 0 radical (unpaired) electrons. The molecule has 1 aliphatic rings. The first kappa shape index (κ1) is 10.4. The minimum atomic E-state index is -0.335. The maximum Gasteiger partial charge on any atom is 0.250 e. The zero-order valence-electron chi connectivity index (χ0n) is 9.77. The third kappa shape index (κ3) is 1.73. The van der Waals surface area contributed by atoms with Crippen LogP contribution in [0.2, 0.25) is 0 Å². The molecule has 0 aliphatic heterocycles. The van der Waals surface area contributed by atoms with Crippen LogP contribution in [0.25, 0.3) is 11.5 Å². The standard InChI is InChI=1S/C13H13FN2O/c1-13(2)7-9(13)12-16-15-11(17-12)8-5-3-4-6-10(8)14/h3-6,9H,7H2,1-2H3/t9-/m0/s1. The van der Waals surface area contributed by atoms with Crippen LogP contribution in [0.5, 0.6) is 0 Å². The van der Waals surface area contributed by atoms with E-state index < -0.39 is 0 Å². The predicted molar refractivity (Wildman–Crippen MR) is 60.8 cm³/mol. The molecule has 3 nitrogen and oxygen atoms in total. The van der Waals surface area contributed by atoms with Crippen molar-refractivity contribution >= 4 is 0 Å². The summed E-state index contributed by atoms with van der Waals surface area (Å²) in [4.78, 5) is 0. The van der Waals surface area contributed by atoms with E-state index in [4.69, 9.17) is 4.42 Å². The van der Waals surface area contributed by atoms with Gasteiger partial charge in [0.05, 0.1) is 5.56 Å². The summed E-state index contributed by atoms with van der Waals surface area (Å²) in [6.45, 7) is 4.31. The smallest absolute Gasteiger partial charge is 0.250 e. The van der Waals surface area contributed by atoms with Crippen molar-refractivity contribution in [3.05, 3.63) is 36.0 Å². The second kappa shape index (κ2) is 3.39. The molecule has 1 aliphatic carbocycles. The normalized spacial score (nSPS) is 21.5. The third-order valence-electron chi connectivity index (χ3n) is 3.36. The van der Waals surface area contributed by atoms with Gasteiger partial charge >= 0.3 is 0 Å². The lowest BCUT2D eigenvalue weighted by molar-refractivity contribution is 0.474. The second-order valence-electron chi connectivity index (χ2n) is 5.17. The Hall–Kier alpha value is -1.71. The molecule has 1 heterocycles. The molecule has 0 bridgehead atoms. The van der Waals surface area contributed by atoms with E-state index in [2.05, 4.69) is 24.0 Å². The summed E-state index contributed by atoms with van der Waals surface area (Å²) in [6, 6.07) is 6.42. The van der Waals surface area contributed by atoms with Crippen LogP contribution < -0.4 is 0 Å². The summed E-state index contributed by atoms with van der Waals surface area (Å²) >= 11 is 0. The third-order valence-corrected chi connectivity index (χ3v) is 3.36. The average Bonchev–Trinajstić information content (AvgIpc) is 2.76. The number of nitrogens with zero attached hydrogens (tertiary/aromatic N) is 2.